The van der Waals surface area contributed by atoms with Gasteiger partial charge in [-0.05, 0) is 11.4 Å². The molecule has 0 amide bonds. The van der Waals surface area contributed by atoms with E-state index in [2.05, 4.69) is 21.0 Å². The summed E-state index contributed by atoms with van der Waals surface area (Å²) in [6.07, 6.45) is 0. The summed E-state index contributed by atoms with van der Waals surface area (Å²) in [7, 11) is 0. The van der Waals surface area contributed by atoms with Gasteiger partial charge in [-0.2, -0.15) is 0 Å². The van der Waals surface area contributed by atoms with Crippen LogP contribution < -0.4 is 10.6 Å². The van der Waals surface area contributed by atoms with Crippen LogP contribution in [0.25, 0.3) is 0 Å². The standard InChI is InChI=1S/C5H4N4S/c1-2-4(10-3-1)5-6-8-9-7-5/h1-3H,(H,6,7,8)/q+1. The highest BCUT2D eigenvalue weighted by molar-refractivity contribution is 7.12. The van der Waals surface area contributed by atoms with Crippen LogP contribution in [-0.4, -0.2) is 5.84 Å². The molecule has 0 aliphatic carbocycles. The third kappa shape index (κ3) is 0.801. The van der Waals surface area contributed by atoms with Gasteiger partial charge in [0.2, 0.25) is 5.22 Å². The molecular formula is C5H4N4S+. The van der Waals surface area contributed by atoms with Gasteiger partial charge in [-0.1, -0.05) is 6.07 Å². The molecule has 0 spiro atoms. The van der Waals surface area contributed by atoms with Crippen molar-refractivity contribution in [1.82, 2.24) is 10.6 Å². The van der Waals surface area contributed by atoms with Crippen LogP contribution in [0.5, 0.6) is 0 Å². The second kappa shape index (κ2) is 2.18. The van der Waals surface area contributed by atoms with Crippen molar-refractivity contribution in [2.24, 2.45) is 10.3 Å². The first-order valence-corrected chi connectivity index (χ1v) is 3.62. The van der Waals surface area contributed by atoms with E-state index >= 15 is 0 Å². The van der Waals surface area contributed by atoms with Crippen LogP contribution in [0, 0.1) is 0 Å². The highest BCUT2D eigenvalue weighted by atomic mass is 32.1. The van der Waals surface area contributed by atoms with Crippen molar-refractivity contribution in [3.63, 3.8) is 0 Å². The molecule has 1 aromatic heterocycles. The third-order valence-corrected chi connectivity index (χ3v) is 1.98. The minimum Gasteiger partial charge on any atom is -0.138 e. The van der Waals surface area contributed by atoms with Crippen LogP contribution in [0.4, 0.5) is 0 Å². The van der Waals surface area contributed by atoms with Crippen LogP contribution in [0.15, 0.2) is 27.8 Å². The Hall–Kier alpha value is -1.23. The quantitative estimate of drug-likeness (QED) is 0.633. The fourth-order valence-corrected chi connectivity index (χ4v) is 1.34. The van der Waals surface area contributed by atoms with Crippen LogP contribution >= 0.6 is 11.3 Å². The maximum absolute atomic E-state index is 3.75. The highest BCUT2D eigenvalue weighted by Gasteiger charge is 2.17. The van der Waals surface area contributed by atoms with Crippen molar-refractivity contribution in [3.05, 3.63) is 22.4 Å². The van der Waals surface area contributed by atoms with E-state index in [0.717, 1.165) is 10.7 Å². The first kappa shape index (κ1) is 5.55. The molecule has 4 nitrogen and oxygen atoms in total. The average Bonchev–Trinajstić information content (AvgIpc) is 2.59. The largest absolute Gasteiger partial charge is 0.326 e. The van der Waals surface area contributed by atoms with Gasteiger partial charge in [0, 0.05) is 0 Å². The van der Waals surface area contributed by atoms with E-state index in [9.17, 15) is 0 Å². The number of nitrogens with one attached hydrogen (secondary N) is 1. The van der Waals surface area contributed by atoms with E-state index in [1.165, 1.54) is 0 Å². The van der Waals surface area contributed by atoms with Gasteiger partial charge in [-0.15, -0.1) is 16.8 Å². The maximum atomic E-state index is 3.75. The Labute approximate surface area is 61.3 Å². The molecule has 1 aliphatic rings. The lowest BCUT2D eigenvalue weighted by atomic mass is 10.4. The van der Waals surface area contributed by atoms with Gasteiger partial charge in [0.05, 0.1) is 0 Å². The molecular weight excluding hydrogens is 148 g/mol. The first-order chi connectivity index (χ1) is 4.97. The lowest BCUT2D eigenvalue weighted by molar-refractivity contribution is 0.819. The van der Waals surface area contributed by atoms with Crippen molar-refractivity contribution in [2.75, 3.05) is 0 Å². The Morgan fingerprint density at radius 1 is 1.60 bits per heavy atom. The SMILES string of the molecule is c1csc(C2=NN=[N+]N2)c1. The van der Waals surface area contributed by atoms with Crippen molar-refractivity contribution in [1.29, 1.82) is 0 Å². The molecule has 1 aromatic rings. The molecule has 0 fully saturated rings. The summed E-state index contributed by atoms with van der Waals surface area (Å²) < 4.78 is 0. The first-order valence-electron chi connectivity index (χ1n) is 2.74. The molecule has 1 aliphatic heterocycles. The predicted molar refractivity (Wildman–Crippen MR) is 38.6 cm³/mol. The highest BCUT2D eigenvalue weighted by Crippen LogP contribution is 2.09. The number of amidine groups is 1. The van der Waals surface area contributed by atoms with Crippen LogP contribution in [-0.2, 0) is 0 Å². The Morgan fingerprint density at radius 3 is 3.20 bits per heavy atom. The molecule has 2 heterocycles. The molecule has 0 saturated carbocycles. The summed E-state index contributed by atoms with van der Waals surface area (Å²) in [4.78, 5) is 1.06. The zero-order valence-corrected chi connectivity index (χ0v) is 5.80. The molecule has 49 valence electrons. The molecule has 0 bridgehead atoms. The van der Waals surface area contributed by atoms with Gasteiger partial charge >= 0.3 is 5.84 Å². The Morgan fingerprint density at radius 2 is 2.60 bits per heavy atom. The van der Waals surface area contributed by atoms with Gasteiger partial charge in [-0.3, -0.25) is 0 Å². The topological polar surface area (TPSA) is 50.9 Å². The molecule has 1 N–H and O–H groups in total. The van der Waals surface area contributed by atoms with E-state index in [4.69, 9.17) is 0 Å². The van der Waals surface area contributed by atoms with E-state index in [0.29, 0.717) is 0 Å². The monoisotopic (exact) mass is 152 g/mol. The molecule has 0 aromatic carbocycles. The molecule has 2 rings (SSSR count). The van der Waals surface area contributed by atoms with Crippen molar-refractivity contribution in [2.45, 2.75) is 0 Å². The summed E-state index contributed by atoms with van der Waals surface area (Å²) in [6.45, 7) is 0. The van der Waals surface area contributed by atoms with Crippen LogP contribution in [0.3, 0.4) is 0 Å². The number of rotatable bonds is 1. The Bertz CT molecular complexity index is 274. The third-order valence-electron chi connectivity index (χ3n) is 1.10. The summed E-state index contributed by atoms with van der Waals surface area (Å²) in [5, 5.41) is 12.7. The summed E-state index contributed by atoms with van der Waals surface area (Å²) in [6, 6.07) is 3.93. The smallest absolute Gasteiger partial charge is 0.138 e. The molecule has 1 radical (unpaired) electrons. The van der Waals surface area contributed by atoms with Gasteiger partial charge in [0.1, 0.15) is 9.98 Å². The lowest BCUT2D eigenvalue weighted by Crippen LogP contribution is -2.19. The van der Waals surface area contributed by atoms with Crippen molar-refractivity contribution >= 4 is 17.2 Å². The van der Waals surface area contributed by atoms with Gasteiger partial charge < -0.3 is 0 Å². The zero-order valence-electron chi connectivity index (χ0n) is 4.98. The van der Waals surface area contributed by atoms with Gasteiger partial charge in [-0.25, -0.2) is 0 Å². The number of nitrogens with zero attached hydrogens (tertiary/aromatic N) is 3. The van der Waals surface area contributed by atoms with Crippen molar-refractivity contribution < 1.29 is 0 Å². The van der Waals surface area contributed by atoms with Gasteiger partial charge in [0.25, 0.3) is 0 Å². The average molecular weight is 152 g/mol. The molecule has 0 atom stereocenters. The molecule has 5 heteroatoms. The minimum atomic E-state index is 0.731. The van der Waals surface area contributed by atoms with E-state index < -0.39 is 0 Å². The minimum absolute atomic E-state index is 0.731. The van der Waals surface area contributed by atoms with Gasteiger partial charge in [0.15, 0.2) is 5.22 Å². The number of thiophene rings is 1. The second-order valence-corrected chi connectivity index (χ2v) is 2.67. The van der Waals surface area contributed by atoms with E-state index in [1.807, 2.05) is 17.5 Å². The van der Waals surface area contributed by atoms with Crippen LogP contribution in [0.1, 0.15) is 4.88 Å². The predicted octanol–water partition coefficient (Wildman–Crippen LogP) is 0.716. The molecule has 0 saturated heterocycles. The zero-order chi connectivity index (χ0) is 6.81. The number of hydrogen-bond donors (Lipinski definition) is 1. The summed E-state index contributed by atoms with van der Waals surface area (Å²) >= 11 is 1.61. The summed E-state index contributed by atoms with van der Waals surface area (Å²) in [5.74, 6) is 0.731. The van der Waals surface area contributed by atoms with Crippen molar-refractivity contribution in [3.8, 4) is 0 Å². The van der Waals surface area contributed by atoms with Crippen LogP contribution in [0.2, 0.25) is 0 Å². The lowest BCUT2D eigenvalue weighted by Gasteiger charge is -1.80. The van der Waals surface area contributed by atoms with E-state index in [-0.39, 0.29) is 0 Å². The number of hydrogen-bond acceptors (Lipinski definition) is 5. The van der Waals surface area contributed by atoms with E-state index in [1.54, 1.807) is 11.3 Å². The Kier molecular flexibility index (Phi) is 1.21. The normalized spacial score (nSPS) is 15.0. The summed E-state index contributed by atoms with van der Waals surface area (Å²) in [5.41, 5.74) is 2.68. The molecule has 0 unspecified atom stereocenters. The fourth-order valence-electron chi connectivity index (χ4n) is 0.677. The second-order valence-electron chi connectivity index (χ2n) is 1.73. The molecule has 10 heavy (non-hydrogen) atoms. The Balaban J connectivity index is 2.30. The fraction of sp³-hybridized carbons (Fsp3) is 0. The maximum Gasteiger partial charge on any atom is 0.326 e.